The fourth-order valence-electron chi connectivity index (χ4n) is 3.07. The van der Waals surface area contributed by atoms with Gasteiger partial charge in [0.25, 0.3) is 11.2 Å². The molecular formula is C16H16N4O4S. The van der Waals surface area contributed by atoms with Crippen molar-refractivity contribution in [3.63, 3.8) is 0 Å². The minimum Gasteiger partial charge on any atom is -0.318 e. The number of nitrogens with one attached hydrogen (secondary N) is 2. The van der Waals surface area contributed by atoms with Gasteiger partial charge in [0.1, 0.15) is 5.82 Å². The van der Waals surface area contributed by atoms with Crippen molar-refractivity contribution in [3.8, 4) is 0 Å². The van der Waals surface area contributed by atoms with Crippen molar-refractivity contribution in [3.05, 3.63) is 60.6 Å². The summed E-state index contributed by atoms with van der Waals surface area (Å²) in [7, 11) is 0. The summed E-state index contributed by atoms with van der Waals surface area (Å²) >= 11 is 5.22. The minimum absolute atomic E-state index is 0.0338. The molecule has 0 aliphatic carbocycles. The van der Waals surface area contributed by atoms with E-state index in [-0.39, 0.29) is 40.2 Å². The summed E-state index contributed by atoms with van der Waals surface area (Å²) in [6.45, 7) is 3.67. The largest absolute Gasteiger partial charge is 0.318 e. The first-order chi connectivity index (χ1) is 11.8. The topological polar surface area (TPSA) is 110 Å². The molecule has 0 radical (unpaired) electrons. The van der Waals surface area contributed by atoms with E-state index in [9.17, 15) is 19.7 Å². The van der Waals surface area contributed by atoms with Crippen LogP contribution in [0.2, 0.25) is 0 Å². The number of carbonyl (C=O) groups excluding carboxylic acids is 1. The van der Waals surface area contributed by atoms with Gasteiger partial charge >= 0.3 is 0 Å². The number of benzene rings is 1. The van der Waals surface area contributed by atoms with E-state index in [1.807, 2.05) is 13.8 Å². The van der Waals surface area contributed by atoms with Crippen molar-refractivity contribution in [2.75, 3.05) is 5.32 Å². The number of H-pyrrole nitrogens is 1. The molecule has 2 N–H and O–H groups in total. The number of rotatable bonds is 3. The molecule has 1 amide bonds. The van der Waals surface area contributed by atoms with Gasteiger partial charge in [0.05, 0.1) is 10.5 Å². The highest BCUT2D eigenvalue weighted by atomic mass is 32.1. The van der Waals surface area contributed by atoms with Crippen LogP contribution in [-0.4, -0.2) is 20.4 Å². The van der Waals surface area contributed by atoms with Gasteiger partial charge in [0.2, 0.25) is 5.91 Å². The Labute approximate surface area is 147 Å². The first-order valence-corrected chi connectivity index (χ1v) is 8.13. The van der Waals surface area contributed by atoms with Crippen LogP contribution in [0, 0.1) is 14.9 Å². The van der Waals surface area contributed by atoms with E-state index in [4.69, 9.17) is 12.2 Å². The number of nitrogens with zero attached hydrogens (tertiary/aromatic N) is 2. The number of aromatic amines is 1. The van der Waals surface area contributed by atoms with Crippen molar-refractivity contribution < 1.29 is 9.72 Å². The first kappa shape index (κ1) is 17.0. The Hall–Kier alpha value is -2.81. The molecule has 3 rings (SSSR count). The lowest BCUT2D eigenvalue weighted by Gasteiger charge is -2.26. The van der Waals surface area contributed by atoms with Gasteiger partial charge in [-0.15, -0.1) is 0 Å². The highest BCUT2D eigenvalue weighted by Crippen LogP contribution is 2.35. The number of nitro benzene ring substituents is 1. The van der Waals surface area contributed by atoms with E-state index in [0.717, 1.165) is 0 Å². The van der Waals surface area contributed by atoms with E-state index in [2.05, 4.69) is 10.3 Å². The molecular weight excluding hydrogens is 344 g/mol. The predicted molar refractivity (Wildman–Crippen MR) is 94.5 cm³/mol. The van der Waals surface area contributed by atoms with Gasteiger partial charge < -0.3 is 10.3 Å². The zero-order valence-electron chi connectivity index (χ0n) is 13.6. The number of hydrogen-bond acceptors (Lipinski definition) is 5. The fourth-order valence-corrected chi connectivity index (χ4v) is 3.47. The number of hydrogen-bond donors (Lipinski definition) is 2. The summed E-state index contributed by atoms with van der Waals surface area (Å²) in [5.41, 5.74) is 0.522. The van der Waals surface area contributed by atoms with E-state index >= 15 is 0 Å². The van der Waals surface area contributed by atoms with Crippen molar-refractivity contribution in [2.24, 2.45) is 0 Å². The van der Waals surface area contributed by atoms with Gasteiger partial charge in [-0.25, -0.2) is 0 Å². The van der Waals surface area contributed by atoms with Crippen molar-refractivity contribution in [1.29, 1.82) is 0 Å². The van der Waals surface area contributed by atoms with E-state index < -0.39 is 10.8 Å². The van der Waals surface area contributed by atoms with Crippen LogP contribution < -0.4 is 10.9 Å². The molecule has 1 aromatic heterocycles. The molecule has 1 unspecified atom stereocenters. The third kappa shape index (κ3) is 2.98. The summed E-state index contributed by atoms with van der Waals surface area (Å²) in [5.74, 6) is -0.594. The number of anilines is 1. The number of carbonyl (C=O) groups is 1. The maximum Gasteiger partial charge on any atom is 0.269 e. The van der Waals surface area contributed by atoms with Gasteiger partial charge in [-0.2, -0.15) is 0 Å². The maximum atomic E-state index is 13.0. The third-order valence-corrected chi connectivity index (χ3v) is 4.47. The second-order valence-electron chi connectivity index (χ2n) is 6.14. The molecule has 130 valence electrons. The highest BCUT2D eigenvalue weighted by Gasteiger charge is 2.32. The molecule has 2 aromatic rings. The Balaban J connectivity index is 2.26. The summed E-state index contributed by atoms with van der Waals surface area (Å²) < 4.78 is 1.66. The summed E-state index contributed by atoms with van der Waals surface area (Å²) in [5, 5.41) is 13.7. The molecule has 9 heteroatoms. The van der Waals surface area contributed by atoms with Crippen LogP contribution in [-0.2, 0) is 4.79 Å². The first-order valence-electron chi connectivity index (χ1n) is 7.72. The molecule has 1 aromatic carbocycles. The number of nitro groups is 1. The van der Waals surface area contributed by atoms with Gasteiger partial charge in [0, 0.05) is 30.5 Å². The maximum absolute atomic E-state index is 13.0. The molecule has 0 saturated heterocycles. The quantitative estimate of drug-likeness (QED) is 0.497. The fraction of sp³-hybridized carbons (Fsp3) is 0.312. The zero-order valence-corrected chi connectivity index (χ0v) is 14.4. The van der Waals surface area contributed by atoms with E-state index in [1.54, 1.807) is 12.1 Å². The number of non-ortho nitro benzene ring substituents is 1. The second-order valence-corrected chi connectivity index (χ2v) is 6.53. The van der Waals surface area contributed by atoms with Crippen molar-refractivity contribution in [1.82, 2.24) is 9.55 Å². The smallest absolute Gasteiger partial charge is 0.269 e. The predicted octanol–water partition coefficient (Wildman–Crippen LogP) is 2.87. The zero-order chi connectivity index (χ0) is 18.3. The summed E-state index contributed by atoms with van der Waals surface area (Å²) in [4.78, 5) is 38.5. The van der Waals surface area contributed by atoms with Crippen LogP contribution in [0.5, 0.6) is 0 Å². The molecule has 0 saturated carbocycles. The molecule has 1 atom stereocenters. The lowest BCUT2D eigenvalue weighted by atomic mass is 9.86. The highest BCUT2D eigenvalue weighted by molar-refractivity contribution is 7.71. The monoisotopic (exact) mass is 360 g/mol. The number of aromatic nitrogens is 2. The van der Waals surface area contributed by atoms with E-state index in [0.29, 0.717) is 11.1 Å². The number of amides is 1. The van der Waals surface area contributed by atoms with Crippen molar-refractivity contribution >= 4 is 29.6 Å². The Morgan fingerprint density at radius 3 is 2.72 bits per heavy atom. The van der Waals surface area contributed by atoms with Gasteiger partial charge in [-0.05, 0) is 31.6 Å². The molecule has 1 aliphatic rings. The van der Waals surface area contributed by atoms with Crippen LogP contribution in [0.15, 0.2) is 29.1 Å². The standard InChI is InChI=1S/C16H16N4O4S/c1-8(2)19-15(22)13-11(7-12(21)17-14(13)18-16(19)25)9-4-3-5-10(6-9)20(23)24/h3-6,8,11H,7H2,1-2H3,(H,17,21)(H,18,25). The second kappa shape index (κ2) is 6.25. The normalized spacial score (nSPS) is 16.4. The van der Waals surface area contributed by atoms with Gasteiger partial charge in [0.15, 0.2) is 4.77 Å². The average molecular weight is 360 g/mol. The third-order valence-electron chi connectivity index (χ3n) is 4.17. The van der Waals surface area contributed by atoms with Crippen molar-refractivity contribution in [2.45, 2.75) is 32.2 Å². The van der Waals surface area contributed by atoms with E-state index in [1.165, 1.54) is 16.7 Å². The van der Waals surface area contributed by atoms with Crippen LogP contribution in [0.1, 0.15) is 43.4 Å². The Morgan fingerprint density at radius 1 is 1.36 bits per heavy atom. The molecule has 0 bridgehead atoms. The van der Waals surface area contributed by atoms with Crippen LogP contribution >= 0.6 is 12.2 Å². The van der Waals surface area contributed by atoms with Crippen LogP contribution in [0.25, 0.3) is 0 Å². The Kier molecular flexibility index (Phi) is 4.25. The lowest BCUT2D eigenvalue weighted by Crippen LogP contribution is -2.35. The number of fused-ring (bicyclic) bond motifs is 1. The van der Waals surface area contributed by atoms with Crippen LogP contribution in [0.4, 0.5) is 11.5 Å². The minimum atomic E-state index is -0.576. The molecule has 25 heavy (non-hydrogen) atoms. The average Bonchev–Trinajstić information content (AvgIpc) is 2.53. The molecule has 0 fully saturated rings. The van der Waals surface area contributed by atoms with Gasteiger partial charge in [-0.3, -0.25) is 24.3 Å². The SMILES string of the molecule is CC(C)n1c(=S)[nH]c2c(c1=O)C(c1cccc([N+](=O)[O-])c1)CC(=O)N2. The summed E-state index contributed by atoms with van der Waals surface area (Å²) in [6, 6.07) is 5.84. The molecule has 0 spiro atoms. The summed E-state index contributed by atoms with van der Waals surface area (Å²) in [6.07, 6.45) is 0.0338. The lowest BCUT2D eigenvalue weighted by molar-refractivity contribution is -0.384. The molecule has 1 aliphatic heterocycles. The van der Waals surface area contributed by atoms with Gasteiger partial charge in [-0.1, -0.05) is 12.1 Å². The Bertz CT molecular complexity index is 992. The van der Waals surface area contributed by atoms with Crippen LogP contribution in [0.3, 0.4) is 0 Å². The molecule has 8 nitrogen and oxygen atoms in total. The molecule has 2 heterocycles. The Morgan fingerprint density at radius 2 is 2.08 bits per heavy atom.